The van der Waals surface area contributed by atoms with Gasteiger partial charge in [0, 0.05) is 19.0 Å². The van der Waals surface area contributed by atoms with Gasteiger partial charge in [0.1, 0.15) is 5.82 Å². The third kappa shape index (κ3) is 2.40. The molecule has 1 aromatic heterocycles. The van der Waals surface area contributed by atoms with Crippen molar-refractivity contribution in [2.45, 2.75) is 19.8 Å². The summed E-state index contributed by atoms with van der Waals surface area (Å²) in [6, 6.07) is 7.93. The van der Waals surface area contributed by atoms with Crippen molar-refractivity contribution in [1.82, 2.24) is 14.8 Å². The smallest absolute Gasteiger partial charge is 0.303 e. The lowest BCUT2D eigenvalue weighted by molar-refractivity contribution is -0.137. The summed E-state index contributed by atoms with van der Waals surface area (Å²) in [5.74, 6) is 0.639. The zero-order valence-electron chi connectivity index (χ0n) is 10.4. The highest BCUT2D eigenvalue weighted by Crippen LogP contribution is 2.21. The van der Waals surface area contributed by atoms with Crippen LogP contribution in [0.2, 0.25) is 0 Å². The Morgan fingerprint density at radius 1 is 1.33 bits per heavy atom. The highest BCUT2D eigenvalue weighted by Gasteiger charge is 2.12. The molecule has 0 saturated carbocycles. The van der Waals surface area contributed by atoms with E-state index in [-0.39, 0.29) is 6.42 Å². The predicted molar refractivity (Wildman–Crippen MR) is 67.1 cm³/mol. The van der Waals surface area contributed by atoms with Crippen LogP contribution in [-0.4, -0.2) is 25.8 Å². The van der Waals surface area contributed by atoms with Crippen LogP contribution < -0.4 is 0 Å². The minimum absolute atomic E-state index is 0.0692. The van der Waals surface area contributed by atoms with Crippen molar-refractivity contribution in [3.8, 4) is 11.4 Å². The van der Waals surface area contributed by atoms with Crippen LogP contribution in [0.4, 0.5) is 0 Å². The molecule has 2 aromatic rings. The summed E-state index contributed by atoms with van der Waals surface area (Å²) in [7, 11) is 1.86. The van der Waals surface area contributed by atoms with Gasteiger partial charge in [-0.25, -0.2) is 0 Å². The van der Waals surface area contributed by atoms with Crippen LogP contribution in [0, 0.1) is 6.92 Å². The maximum absolute atomic E-state index is 10.6. The lowest BCUT2D eigenvalue weighted by atomic mass is 10.1. The lowest BCUT2D eigenvalue weighted by Crippen LogP contribution is -2.04. The van der Waals surface area contributed by atoms with Crippen molar-refractivity contribution in [3.63, 3.8) is 0 Å². The third-order valence-corrected chi connectivity index (χ3v) is 2.91. The molecule has 0 fully saturated rings. The van der Waals surface area contributed by atoms with Gasteiger partial charge in [-0.2, -0.15) is 0 Å². The van der Waals surface area contributed by atoms with E-state index in [1.165, 1.54) is 0 Å². The van der Waals surface area contributed by atoms with E-state index < -0.39 is 5.97 Å². The summed E-state index contributed by atoms with van der Waals surface area (Å²) in [5.41, 5.74) is 2.15. The quantitative estimate of drug-likeness (QED) is 0.892. The van der Waals surface area contributed by atoms with Crippen molar-refractivity contribution in [2.75, 3.05) is 0 Å². The first-order valence-corrected chi connectivity index (χ1v) is 5.75. The molecule has 0 atom stereocenters. The van der Waals surface area contributed by atoms with Crippen LogP contribution in [0.3, 0.4) is 0 Å². The topological polar surface area (TPSA) is 68.0 Å². The van der Waals surface area contributed by atoms with Gasteiger partial charge in [0.25, 0.3) is 0 Å². The predicted octanol–water partition coefficient (Wildman–Crippen LogP) is 1.81. The monoisotopic (exact) mass is 245 g/mol. The molecular formula is C13H15N3O2. The molecule has 0 saturated heterocycles. The largest absolute Gasteiger partial charge is 0.481 e. The van der Waals surface area contributed by atoms with E-state index in [0.29, 0.717) is 12.2 Å². The van der Waals surface area contributed by atoms with E-state index in [9.17, 15) is 4.79 Å². The van der Waals surface area contributed by atoms with Gasteiger partial charge >= 0.3 is 5.97 Å². The second kappa shape index (κ2) is 5.00. The Morgan fingerprint density at radius 2 is 2.06 bits per heavy atom. The summed E-state index contributed by atoms with van der Waals surface area (Å²) in [6.45, 7) is 2.01. The molecule has 0 radical (unpaired) electrons. The zero-order valence-corrected chi connectivity index (χ0v) is 10.4. The van der Waals surface area contributed by atoms with Gasteiger partial charge in [0.15, 0.2) is 5.82 Å². The Morgan fingerprint density at radius 3 is 2.72 bits per heavy atom. The molecule has 0 spiro atoms. The normalized spacial score (nSPS) is 10.6. The number of nitrogens with zero attached hydrogens (tertiary/aromatic N) is 3. The first-order chi connectivity index (χ1) is 8.59. The van der Waals surface area contributed by atoms with E-state index in [1.54, 1.807) is 0 Å². The standard InChI is InChI=1S/C13H15N3O2/c1-9-5-3-4-6-10(9)13-15-14-11(16(13)2)7-8-12(17)18/h3-6H,7-8H2,1-2H3,(H,17,18). The maximum Gasteiger partial charge on any atom is 0.303 e. The van der Waals surface area contributed by atoms with E-state index in [0.717, 1.165) is 17.0 Å². The molecule has 2 rings (SSSR count). The summed E-state index contributed by atoms with van der Waals surface area (Å²) in [5, 5.41) is 16.9. The van der Waals surface area contributed by atoms with E-state index in [1.807, 2.05) is 42.8 Å². The first-order valence-electron chi connectivity index (χ1n) is 5.75. The number of aliphatic carboxylic acids is 1. The summed E-state index contributed by atoms with van der Waals surface area (Å²) in [4.78, 5) is 10.6. The van der Waals surface area contributed by atoms with Crippen LogP contribution in [-0.2, 0) is 18.3 Å². The number of carboxylic acid groups (broad SMARTS) is 1. The molecule has 5 nitrogen and oxygen atoms in total. The lowest BCUT2D eigenvalue weighted by Gasteiger charge is -2.05. The molecule has 1 heterocycles. The number of aromatic nitrogens is 3. The average Bonchev–Trinajstić information content (AvgIpc) is 2.69. The average molecular weight is 245 g/mol. The second-order valence-electron chi connectivity index (χ2n) is 4.21. The number of hydrogen-bond donors (Lipinski definition) is 1. The van der Waals surface area contributed by atoms with Gasteiger partial charge in [-0.3, -0.25) is 4.79 Å². The third-order valence-electron chi connectivity index (χ3n) is 2.91. The number of hydrogen-bond acceptors (Lipinski definition) is 3. The van der Waals surface area contributed by atoms with Crippen LogP contribution in [0.1, 0.15) is 17.8 Å². The fourth-order valence-electron chi connectivity index (χ4n) is 1.86. The molecule has 94 valence electrons. The first kappa shape index (κ1) is 12.3. The molecule has 18 heavy (non-hydrogen) atoms. The fraction of sp³-hybridized carbons (Fsp3) is 0.308. The highest BCUT2D eigenvalue weighted by molar-refractivity contribution is 5.67. The Labute approximate surface area is 105 Å². The van der Waals surface area contributed by atoms with Crippen molar-refractivity contribution in [1.29, 1.82) is 0 Å². The molecule has 1 N–H and O–H groups in total. The molecule has 5 heteroatoms. The van der Waals surface area contributed by atoms with Gasteiger partial charge in [-0.05, 0) is 12.5 Å². The van der Waals surface area contributed by atoms with Crippen LogP contribution in [0.15, 0.2) is 24.3 Å². The molecule has 1 aromatic carbocycles. The Kier molecular flexibility index (Phi) is 3.41. The van der Waals surface area contributed by atoms with E-state index in [2.05, 4.69) is 10.2 Å². The van der Waals surface area contributed by atoms with Gasteiger partial charge in [-0.1, -0.05) is 24.3 Å². The van der Waals surface area contributed by atoms with Gasteiger partial charge < -0.3 is 9.67 Å². The number of carbonyl (C=O) groups is 1. The highest BCUT2D eigenvalue weighted by atomic mass is 16.4. The summed E-state index contributed by atoms with van der Waals surface area (Å²) >= 11 is 0. The number of rotatable bonds is 4. The zero-order chi connectivity index (χ0) is 13.1. The van der Waals surface area contributed by atoms with Gasteiger partial charge in [0.2, 0.25) is 0 Å². The molecule has 0 unspecified atom stereocenters. The van der Waals surface area contributed by atoms with Gasteiger partial charge in [-0.15, -0.1) is 10.2 Å². The summed E-state index contributed by atoms with van der Waals surface area (Å²) < 4.78 is 1.85. The van der Waals surface area contributed by atoms with E-state index >= 15 is 0 Å². The van der Waals surface area contributed by atoms with Crippen LogP contribution in [0.5, 0.6) is 0 Å². The minimum atomic E-state index is -0.824. The molecule has 0 aliphatic rings. The maximum atomic E-state index is 10.6. The van der Waals surface area contributed by atoms with Crippen LogP contribution in [0.25, 0.3) is 11.4 Å². The molecule has 0 aliphatic carbocycles. The molecule has 0 amide bonds. The molecule has 0 bridgehead atoms. The minimum Gasteiger partial charge on any atom is -0.481 e. The van der Waals surface area contributed by atoms with Crippen molar-refractivity contribution >= 4 is 5.97 Å². The summed E-state index contributed by atoms with van der Waals surface area (Å²) in [6.07, 6.45) is 0.463. The van der Waals surface area contributed by atoms with Crippen molar-refractivity contribution in [3.05, 3.63) is 35.7 Å². The Hall–Kier alpha value is -2.17. The van der Waals surface area contributed by atoms with Crippen molar-refractivity contribution in [2.24, 2.45) is 7.05 Å². The number of carboxylic acids is 1. The van der Waals surface area contributed by atoms with Gasteiger partial charge in [0.05, 0.1) is 6.42 Å². The van der Waals surface area contributed by atoms with E-state index in [4.69, 9.17) is 5.11 Å². The van der Waals surface area contributed by atoms with Crippen molar-refractivity contribution < 1.29 is 9.90 Å². The Balaban J connectivity index is 2.31. The Bertz CT molecular complexity index is 575. The molecule has 0 aliphatic heterocycles. The second-order valence-corrected chi connectivity index (χ2v) is 4.21. The number of aryl methyl sites for hydroxylation is 2. The van der Waals surface area contributed by atoms with Crippen LogP contribution >= 0.6 is 0 Å². The molecular weight excluding hydrogens is 230 g/mol. The SMILES string of the molecule is Cc1ccccc1-c1nnc(CCC(=O)O)n1C. The fourth-order valence-corrected chi connectivity index (χ4v) is 1.86. The number of benzene rings is 1.